The second kappa shape index (κ2) is 10.6. The van der Waals surface area contributed by atoms with Crippen LogP contribution in [0.15, 0.2) is 82.6 Å². The van der Waals surface area contributed by atoms with E-state index in [2.05, 4.69) is 19.2 Å². The molecule has 0 fully saturated rings. The fourth-order valence-corrected chi connectivity index (χ4v) is 5.04. The van der Waals surface area contributed by atoms with Gasteiger partial charge in [-0.25, -0.2) is 4.79 Å². The first-order valence-electron chi connectivity index (χ1n) is 11.4. The maximum Gasteiger partial charge on any atom is 0.321 e. The molecule has 1 heterocycles. The molecule has 6 heteroatoms. The normalized spacial score (nSPS) is 12.5. The quantitative estimate of drug-likeness (QED) is 0.430. The van der Waals surface area contributed by atoms with Crippen LogP contribution in [-0.4, -0.2) is 29.9 Å². The second-order valence-corrected chi connectivity index (χ2v) is 9.16. The lowest BCUT2D eigenvalue weighted by Gasteiger charge is -2.25. The zero-order chi connectivity index (χ0) is 23.2. The molecule has 1 aliphatic heterocycles. The number of rotatable bonds is 7. The number of nitrogens with zero attached hydrogens (tertiary/aromatic N) is 2. The topological polar surface area (TPSA) is 52.7 Å². The van der Waals surface area contributed by atoms with E-state index in [0.29, 0.717) is 30.9 Å². The summed E-state index contributed by atoms with van der Waals surface area (Å²) in [5, 5.41) is 3.04. The number of carbonyl (C=O) groups excluding carboxylic acids is 2. The van der Waals surface area contributed by atoms with Gasteiger partial charge in [0.1, 0.15) is 0 Å². The molecule has 1 N–H and O–H groups in total. The average molecular weight is 460 g/mol. The number of hydrogen-bond acceptors (Lipinski definition) is 3. The van der Waals surface area contributed by atoms with Crippen molar-refractivity contribution in [2.75, 3.05) is 23.3 Å². The molecule has 170 valence electrons. The lowest BCUT2D eigenvalue weighted by molar-refractivity contribution is 0.0982. The number of fused-ring (bicyclic) bond motifs is 2. The Balaban J connectivity index is 1.70. The van der Waals surface area contributed by atoms with Gasteiger partial charge in [0.05, 0.1) is 17.8 Å². The van der Waals surface area contributed by atoms with Gasteiger partial charge < -0.3 is 15.1 Å². The summed E-state index contributed by atoms with van der Waals surface area (Å²) in [5.41, 5.74) is 3.23. The molecule has 0 bridgehead atoms. The van der Waals surface area contributed by atoms with Crippen LogP contribution in [0.25, 0.3) is 0 Å². The van der Waals surface area contributed by atoms with E-state index in [1.165, 1.54) is 0 Å². The van der Waals surface area contributed by atoms with Crippen molar-refractivity contribution >= 4 is 35.1 Å². The molecule has 0 unspecified atom stereocenters. The zero-order valence-corrected chi connectivity index (χ0v) is 19.9. The highest BCUT2D eigenvalue weighted by Gasteiger charge is 2.28. The van der Waals surface area contributed by atoms with E-state index in [1.807, 2.05) is 82.6 Å². The molecular formula is C27H29N3O2S. The van der Waals surface area contributed by atoms with E-state index >= 15 is 0 Å². The highest BCUT2D eigenvalue weighted by atomic mass is 32.2. The molecule has 1 aliphatic rings. The minimum absolute atomic E-state index is 0.0391. The van der Waals surface area contributed by atoms with Gasteiger partial charge in [0, 0.05) is 28.6 Å². The third-order valence-corrected chi connectivity index (χ3v) is 6.68. The Labute approximate surface area is 199 Å². The molecule has 3 amide bonds. The van der Waals surface area contributed by atoms with Crippen molar-refractivity contribution in [2.24, 2.45) is 0 Å². The zero-order valence-electron chi connectivity index (χ0n) is 19.1. The Morgan fingerprint density at radius 2 is 1.61 bits per heavy atom. The summed E-state index contributed by atoms with van der Waals surface area (Å²) in [6.07, 6.45) is 1.82. The van der Waals surface area contributed by atoms with Crippen LogP contribution in [0.2, 0.25) is 0 Å². The van der Waals surface area contributed by atoms with Crippen LogP contribution >= 0.6 is 11.8 Å². The lowest BCUT2D eigenvalue weighted by atomic mass is 10.1. The summed E-state index contributed by atoms with van der Waals surface area (Å²) in [6, 6.07) is 23.4. The van der Waals surface area contributed by atoms with Crippen LogP contribution in [-0.2, 0) is 6.54 Å². The Morgan fingerprint density at radius 3 is 2.33 bits per heavy atom. The van der Waals surface area contributed by atoms with Gasteiger partial charge in [0.2, 0.25) is 0 Å². The molecule has 33 heavy (non-hydrogen) atoms. The number of benzene rings is 3. The number of nitrogens with one attached hydrogen (secondary N) is 1. The van der Waals surface area contributed by atoms with Gasteiger partial charge in [-0.05, 0) is 48.7 Å². The van der Waals surface area contributed by atoms with Crippen molar-refractivity contribution in [3.63, 3.8) is 0 Å². The summed E-state index contributed by atoms with van der Waals surface area (Å²) in [6.45, 7) is 6.03. The van der Waals surface area contributed by atoms with Crippen molar-refractivity contribution in [1.29, 1.82) is 0 Å². The van der Waals surface area contributed by atoms with E-state index in [4.69, 9.17) is 0 Å². The van der Waals surface area contributed by atoms with Gasteiger partial charge in [-0.3, -0.25) is 4.79 Å². The maximum atomic E-state index is 13.6. The minimum atomic E-state index is -0.107. The fraction of sp³-hybridized carbons (Fsp3) is 0.259. The Morgan fingerprint density at radius 1 is 0.909 bits per heavy atom. The molecule has 5 nitrogen and oxygen atoms in total. The molecule has 0 saturated heterocycles. The van der Waals surface area contributed by atoms with Gasteiger partial charge in [0.25, 0.3) is 5.91 Å². The van der Waals surface area contributed by atoms with Crippen molar-refractivity contribution in [2.45, 2.75) is 43.0 Å². The molecule has 0 radical (unpaired) electrons. The first-order valence-corrected chi connectivity index (χ1v) is 12.2. The summed E-state index contributed by atoms with van der Waals surface area (Å²) in [7, 11) is 0. The first-order chi connectivity index (χ1) is 16.1. The highest BCUT2D eigenvalue weighted by Crippen LogP contribution is 2.43. The Kier molecular flexibility index (Phi) is 7.35. The molecule has 3 aromatic carbocycles. The van der Waals surface area contributed by atoms with Crippen LogP contribution in [0.4, 0.5) is 16.2 Å². The van der Waals surface area contributed by atoms with Gasteiger partial charge in [-0.2, -0.15) is 0 Å². The van der Waals surface area contributed by atoms with Crippen LogP contribution in [0.1, 0.15) is 42.6 Å². The van der Waals surface area contributed by atoms with Crippen molar-refractivity contribution in [3.05, 3.63) is 83.9 Å². The molecule has 0 atom stereocenters. The van der Waals surface area contributed by atoms with E-state index in [0.717, 1.165) is 33.9 Å². The molecule has 0 aromatic heterocycles. The van der Waals surface area contributed by atoms with Crippen LogP contribution in [0, 0.1) is 0 Å². The van der Waals surface area contributed by atoms with Gasteiger partial charge in [0.15, 0.2) is 0 Å². The molecule has 4 rings (SSSR count). The monoisotopic (exact) mass is 459 g/mol. The Bertz CT molecular complexity index is 1130. The molecule has 0 saturated carbocycles. The van der Waals surface area contributed by atoms with E-state index < -0.39 is 0 Å². The van der Waals surface area contributed by atoms with Crippen molar-refractivity contribution < 1.29 is 9.59 Å². The lowest BCUT2D eigenvalue weighted by Crippen LogP contribution is -2.36. The number of carbonyl (C=O) groups is 2. The number of amides is 3. The van der Waals surface area contributed by atoms with Crippen molar-refractivity contribution in [3.8, 4) is 0 Å². The average Bonchev–Trinajstić information content (AvgIpc) is 2.94. The standard InChI is InChI=1S/C27H29N3O2S/c1-3-16-29(17-4-2)27(32)28-21-14-15-25-23(18-21)30(19-20-10-6-5-7-11-20)26(31)22-12-8-9-13-24(22)33-25/h5-15,18H,3-4,16-17,19H2,1-2H3,(H,28,32). The first kappa shape index (κ1) is 22.9. The number of anilines is 2. The second-order valence-electron chi connectivity index (χ2n) is 8.07. The van der Waals surface area contributed by atoms with Gasteiger partial charge in [-0.1, -0.05) is 68.1 Å². The largest absolute Gasteiger partial charge is 0.325 e. The highest BCUT2D eigenvalue weighted by molar-refractivity contribution is 7.99. The van der Waals surface area contributed by atoms with E-state index in [-0.39, 0.29) is 11.9 Å². The molecule has 3 aromatic rings. The Hall–Kier alpha value is -3.25. The van der Waals surface area contributed by atoms with Crippen LogP contribution < -0.4 is 10.2 Å². The van der Waals surface area contributed by atoms with E-state index in [9.17, 15) is 9.59 Å². The molecule has 0 aliphatic carbocycles. The summed E-state index contributed by atoms with van der Waals surface area (Å²) in [4.78, 5) is 32.1. The van der Waals surface area contributed by atoms with Crippen molar-refractivity contribution in [1.82, 2.24) is 4.90 Å². The van der Waals surface area contributed by atoms with Crippen LogP contribution in [0.3, 0.4) is 0 Å². The third-order valence-electron chi connectivity index (χ3n) is 5.54. The SMILES string of the molecule is CCCN(CCC)C(=O)Nc1ccc2c(c1)N(Cc1ccccc1)C(=O)c1ccccc1S2. The van der Waals surface area contributed by atoms with Gasteiger partial charge in [-0.15, -0.1) is 0 Å². The summed E-state index contributed by atoms with van der Waals surface area (Å²) >= 11 is 1.59. The predicted octanol–water partition coefficient (Wildman–Crippen LogP) is 6.65. The van der Waals surface area contributed by atoms with Crippen LogP contribution in [0.5, 0.6) is 0 Å². The molecule has 0 spiro atoms. The number of urea groups is 1. The minimum Gasteiger partial charge on any atom is -0.325 e. The maximum absolute atomic E-state index is 13.6. The van der Waals surface area contributed by atoms with E-state index in [1.54, 1.807) is 11.8 Å². The summed E-state index contributed by atoms with van der Waals surface area (Å²) < 4.78 is 0. The third kappa shape index (κ3) is 5.22. The molecular weight excluding hydrogens is 430 g/mol. The summed E-state index contributed by atoms with van der Waals surface area (Å²) in [5.74, 6) is -0.0391. The number of hydrogen-bond donors (Lipinski definition) is 1. The fourth-order valence-electron chi connectivity index (χ4n) is 3.98. The smallest absolute Gasteiger partial charge is 0.321 e. The predicted molar refractivity (Wildman–Crippen MR) is 135 cm³/mol. The van der Waals surface area contributed by atoms with Gasteiger partial charge >= 0.3 is 6.03 Å².